The minimum absolute atomic E-state index is 0.0381. The number of benzene rings is 13. The van der Waals surface area contributed by atoms with E-state index in [2.05, 4.69) is 473 Å². The van der Waals surface area contributed by atoms with Crippen molar-refractivity contribution >= 4 is 87.2 Å². The predicted octanol–water partition coefficient (Wildman–Crippen LogP) is 32.2. The van der Waals surface area contributed by atoms with E-state index >= 15 is 0 Å². The number of fused-ring (bicyclic) bond motifs is 12. The van der Waals surface area contributed by atoms with Crippen molar-refractivity contribution in [1.82, 2.24) is 68.1 Å². The number of rotatable bonds is 8. The summed E-state index contributed by atoms with van der Waals surface area (Å²) in [5.41, 5.74) is 23.3. The van der Waals surface area contributed by atoms with E-state index in [9.17, 15) is 0 Å². The molecule has 0 atom stereocenters. The van der Waals surface area contributed by atoms with Crippen LogP contribution >= 0.6 is 0 Å². The van der Waals surface area contributed by atoms with Gasteiger partial charge in [-0.15, -0.1) is 0 Å². The lowest BCUT2D eigenvalue weighted by molar-refractivity contribution is 0.532. The largest absolute Gasteiger partial charge is 0.309 e. The van der Waals surface area contributed by atoms with E-state index in [0.717, 1.165) is 113 Å². The Bertz CT molecular complexity index is 7660. The Hall–Kier alpha value is -15.5. The summed E-state index contributed by atoms with van der Waals surface area (Å²) >= 11 is 0. The van der Waals surface area contributed by atoms with E-state index in [0.29, 0.717) is 0 Å². The minimum Gasteiger partial charge on any atom is -0.309 e. The van der Waals surface area contributed by atoms with E-state index in [1.165, 1.54) is 82.1 Å². The van der Waals surface area contributed by atoms with Crippen molar-refractivity contribution in [1.29, 1.82) is 0 Å². The zero-order valence-corrected chi connectivity index (χ0v) is 84.6. The summed E-state index contributed by atoms with van der Waals surface area (Å²) in [6.07, 6.45) is 11.6. The standard InChI is InChI=1S/C32H26N4.C28H25N.C20H19N3.C20H20N2.C14H16N2.C12H20N2/c1-32(2,3)31-33-29(35-25-16-8-4-12-21(25)22-13-5-9-17-26(22)35)20-30(34-31)36-27-18-10-6-14-23(27)24-15-7-11-19-28(24)36;1-28(2,3)24-16-8-4-12-20(24)21-13-5-9-17-25(21)29-26-18-10-6-14-22(26)23-15-7-11-19-27(23)29;1-20(2,3)14-12-21-19(22-13-14)23-17-10-6-4-8-15(17)16-9-5-7-11-18(16)23;1-20(2,3)19-21-17(15-10-6-4-7-11-15)14-18(22-19)16-12-8-5-9-13-16;1-14(2,3)12-9-15-13(16-10-12)11-7-5-4-6-8-11;1-11(2,3)9-7-13-10(14-8-9)12(4,5)6/h4-20H,1-3H3;4-19H,1-3H3;4-13H,1-3H3;4-14H,1-3H3;4-10H,1-3H3;7-8H,1-6H3. The van der Waals surface area contributed by atoms with Crippen LogP contribution in [0, 0.1) is 0 Å². The van der Waals surface area contributed by atoms with Crippen LogP contribution in [0.3, 0.4) is 0 Å². The second-order valence-corrected chi connectivity index (χ2v) is 43.1. The Morgan fingerprint density at radius 2 is 0.457 bits per heavy atom. The third-order valence-corrected chi connectivity index (χ3v) is 25.3. The maximum Gasteiger partial charge on any atom is 0.234 e. The van der Waals surface area contributed by atoms with Gasteiger partial charge in [0.05, 0.1) is 61.2 Å². The van der Waals surface area contributed by atoms with Crippen LogP contribution < -0.4 is 0 Å². The highest BCUT2D eigenvalue weighted by Gasteiger charge is 2.29. The van der Waals surface area contributed by atoms with Crippen molar-refractivity contribution < 1.29 is 0 Å². The quantitative estimate of drug-likeness (QED) is 0.144. The van der Waals surface area contributed by atoms with Crippen LogP contribution in [-0.2, 0) is 37.9 Å². The van der Waals surface area contributed by atoms with Gasteiger partial charge in [-0.25, -0.2) is 49.8 Å². The van der Waals surface area contributed by atoms with Crippen LogP contribution in [0.5, 0.6) is 0 Å². The zero-order chi connectivity index (χ0) is 98.6. The maximum atomic E-state index is 5.16. The van der Waals surface area contributed by atoms with Gasteiger partial charge in [-0.05, 0) is 110 Å². The fourth-order valence-electron chi connectivity index (χ4n) is 17.6. The molecule has 9 heterocycles. The summed E-state index contributed by atoms with van der Waals surface area (Å²) in [6, 6.07) is 121. The van der Waals surface area contributed by atoms with Crippen molar-refractivity contribution in [2.24, 2.45) is 0 Å². The molecule has 0 bridgehead atoms. The van der Waals surface area contributed by atoms with Crippen molar-refractivity contribution in [3.05, 3.63) is 423 Å². The Labute approximate surface area is 824 Å². The summed E-state index contributed by atoms with van der Waals surface area (Å²) < 4.78 is 9.11. The zero-order valence-electron chi connectivity index (χ0n) is 84.6. The SMILES string of the molecule is CC(C)(C)c1ccccc1-c1ccccc1-n1c2ccccc2c2ccccc21.CC(C)(C)c1cnc(-c2ccccc2)nc1.CC(C)(C)c1cnc(-n2c3ccccc3c3ccccc32)nc1.CC(C)(C)c1cnc(C(C)(C)C)nc1.CC(C)(C)c1nc(-c2ccccc2)cc(-c2ccccc2)n1.CC(C)(C)c1nc(-n2c3ccccc3c3ccccc32)cc(-n2c3ccccc3c3ccccc32)n1. The average Bonchev–Trinajstić information content (AvgIpc) is 1.58. The molecule has 14 nitrogen and oxygen atoms in total. The van der Waals surface area contributed by atoms with E-state index in [4.69, 9.17) is 19.9 Å². The Morgan fingerprint density at radius 1 is 0.193 bits per heavy atom. The van der Waals surface area contributed by atoms with Crippen molar-refractivity contribution in [3.8, 4) is 68.3 Å². The Morgan fingerprint density at radius 3 is 0.786 bits per heavy atom. The molecule has 0 fully saturated rings. The first kappa shape index (κ1) is 96.2. The highest BCUT2D eigenvalue weighted by Crippen LogP contribution is 2.43. The molecular formula is C126H126N14. The lowest BCUT2D eigenvalue weighted by Gasteiger charge is -2.24. The van der Waals surface area contributed by atoms with Gasteiger partial charge in [0.15, 0.2) is 5.82 Å². The van der Waals surface area contributed by atoms with Gasteiger partial charge >= 0.3 is 0 Å². The lowest BCUT2D eigenvalue weighted by atomic mass is 9.81. The molecule has 0 saturated carbocycles. The van der Waals surface area contributed by atoms with E-state index in [1.54, 1.807) is 0 Å². The molecule has 0 unspecified atom stereocenters. The second-order valence-electron chi connectivity index (χ2n) is 43.1. The van der Waals surface area contributed by atoms with Crippen LogP contribution in [0.1, 0.15) is 185 Å². The summed E-state index contributed by atoms with van der Waals surface area (Å²) in [4.78, 5) is 46.8. The maximum absolute atomic E-state index is 5.16. The molecule has 13 aromatic carbocycles. The fraction of sp³-hybridized carbons (Fsp3) is 0.222. The molecule has 22 rings (SSSR count). The first-order chi connectivity index (χ1) is 66.9. The number of para-hydroxylation sites is 9. The molecule has 0 spiro atoms. The number of hydrogen-bond acceptors (Lipinski definition) is 10. The smallest absolute Gasteiger partial charge is 0.234 e. The third kappa shape index (κ3) is 20.8. The van der Waals surface area contributed by atoms with Gasteiger partial charge in [0.25, 0.3) is 0 Å². The number of hydrogen-bond donors (Lipinski definition) is 0. The molecule has 0 aliphatic heterocycles. The normalized spacial score (nSPS) is 12.0. The molecule has 0 saturated heterocycles. The van der Waals surface area contributed by atoms with Crippen LogP contribution in [0.15, 0.2) is 383 Å². The van der Waals surface area contributed by atoms with E-state index in [-0.39, 0.29) is 37.9 Å². The van der Waals surface area contributed by atoms with Gasteiger partial charge in [-0.2, -0.15) is 0 Å². The molecule has 0 N–H and O–H groups in total. The summed E-state index contributed by atoms with van der Waals surface area (Å²) in [5, 5.41) is 9.94. The molecule has 0 amide bonds. The van der Waals surface area contributed by atoms with E-state index in [1.807, 2.05) is 104 Å². The molecule has 140 heavy (non-hydrogen) atoms. The molecule has 22 aromatic rings. The Balaban J connectivity index is 0.000000119. The first-order valence-corrected chi connectivity index (χ1v) is 48.5. The molecular weight excluding hydrogens is 1710 g/mol. The third-order valence-electron chi connectivity index (χ3n) is 25.3. The molecule has 700 valence electrons. The monoisotopic (exact) mass is 1840 g/mol. The van der Waals surface area contributed by atoms with Crippen molar-refractivity contribution in [2.45, 2.75) is 183 Å². The predicted molar refractivity (Wildman–Crippen MR) is 587 cm³/mol. The number of aromatic nitrogens is 14. The molecule has 9 aromatic heterocycles. The van der Waals surface area contributed by atoms with Gasteiger partial charge in [0.1, 0.15) is 29.1 Å². The highest BCUT2D eigenvalue weighted by molar-refractivity contribution is 6.12. The lowest BCUT2D eigenvalue weighted by Crippen LogP contribution is -2.19. The fourth-order valence-corrected chi connectivity index (χ4v) is 17.6. The molecule has 14 heteroatoms. The van der Waals surface area contributed by atoms with Crippen LogP contribution in [-0.4, -0.2) is 68.1 Å². The minimum atomic E-state index is -0.220. The average molecular weight is 1840 g/mol. The summed E-state index contributed by atoms with van der Waals surface area (Å²) in [7, 11) is 0. The van der Waals surface area contributed by atoms with Crippen LogP contribution in [0.2, 0.25) is 0 Å². The summed E-state index contributed by atoms with van der Waals surface area (Å²) in [6.45, 7) is 45.7. The van der Waals surface area contributed by atoms with Crippen LogP contribution in [0.4, 0.5) is 0 Å². The van der Waals surface area contributed by atoms with Gasteiger partial charge < -0.3 is 4.57 Å². The number of nitrogens with zero attached hydrogens (tertiary/aromatic N) is 14. The van der Waals surface area contributed by atoms with Gasteiger partial charge in [-0.3, -0.25) is 13.7 Å². The van der Waals surface area contributed by atoms with Gasteiger partial charge in [0, 0.05) is 125 Å². The second kappa shape index (κ2) is 39.5. The van der Waals surface area contributed by atoms with Gasteiger partial charge in [-0.1, -0.05) is 424 Å². The Kier molecular flexibility index (Phi) is 27.1. The van der Waals surface area contributed by atoms with E-state index < -0.39 is 0 Å². The van der Waals surface area contributed by atoms with Gasteiger partial charge in [0.2, 0.25) is 5.95 Å². The van der Waals surface area contributed by atoms with Crippen molar-refractivity contribution in [2.75, 3.05) is 0 Å². The van der Waals surface area contributed by atoms with Crippen molar-refractivity contribution in [3.63, 3.8) is 0 Å². The molecule has 0 aliphatic carbocycles. The topological polar surface area (TPSA) is 149 Å². The first-order valence-electron chi connectivity index (χ1n) is 48.5. The molecule has 0 aliphatic rings. The highest BCUT2D eigenvalue weighted by atomic mass is 15.2. The summed E-state index contributed by atoms with van der Waals surface area (Å²) in [5.74, 6) is 5.86. The van der Waals surface area contributed by atoms with Crippen LogP contribution in [0.25, 0.3) is 156 Å². The molecule has 0 radical (unpaired) electrons.